The molecular weight excluding hydrogens is 274 g/mol. The van der Waals surface area contributed by atoms with E-state index >= 15 is 0 Å². The van der Waals surface area contributed by atoms with Gasteiger partial charge in [-0.3, -0.25) is 4.79 Å². The molecule has 1 rings (SSSR count). The Hall–Kier alpha value is -2.37. The van der Waals surface area contributed by atoms with Gasteiger partial charge in [0.2, 0.25) is 5.91 Å². The summed E-state index contributed by atoms with van der Waals surface area (Å²) in [5, 5.41) is 24.0. The number of carboxylic acids is 2. The number of nitrogens with one attached hydrogen (secondary N) is 1. The van der Waals surface area contributed by atoms with E-state index in [-0.39, 0.29) is 24.3 Å². The van der Waals surface area contributed by atoms with E-state index in [9.17, 15) is 24.6 Å². The van der Waals surface area contributed by atoms with E-state index in [0.717, 1.165) is 0 Å². The highest BCUT2D eigenvalue weighted by Crippen LogP contribution is 2.14. The Labute approximate surface area is 122 Å². The molecule has 21 heavy (non-hydrogen) atoms. The molecule has 0 aliphatic heterocycles. The fourth-order valence-electron chi connectivity index (χ4n) is 1.95. The predicted octanol–water partition coefficient (Wildman–Crippen LogP) is -0.0650. The van der Waals surface area contributed by atoms with E-state index < -0.39 is 17.9 Å². The number of hydrogen-bond acceptors (Lipinski definition) is 5. The first kappa shape index (κ1) is 16.7. The van der Waals surface area contributed by atoms with Crippen molar-refractivity contribution in [2.45, 2.75) is 32.6 Å². The summed E-state index contributed by atoms with van der Waals surface area (Å²) in [6, 6.07) is 5.55. The molecule has 0 aromatic heterocycles. The third kappa shape index (κ3) is 5.64. The summed E-state index contributed by atoms with van der Waals surface area (Å²) < 4.78 is 0. The number of carbonyl (C=O) groups excluding carboxylic acids is 3. The summed E-state index contributed by atoms with van der Waals surface area (Å²) in [7, 11) is 0. The van der Waals surface area contributed by atoms with Gasteiger partial charge in [0.25, 0.3) is 0 Å². The Kier molecular flexibility index (Phi) is 6.39. The summed E-state index contributed by atoms with van der Waals surface area (Å²) in [5.74, 6) is -3.37. The van der Waals surface area contributed by atoms with E-state index in [0.29, 0.717) is 18.5 Å². The number of rotatable bonds is 8. The smallest absolute Gasteiger partial charge is 0.224 e. The third-order valence-corrected chi connectivity index (χ3v) is 3.09. The Morgan fingerprint density at radius 1 is 1.10 bits per heavy atom. The van der Waals surface area contributed by atoms with Crippen LogP contribution < -0.4 is 15.5 Å². The minimum atomic E-state index is -1.29. The number of amides is 1. The van der Waals surface area contributed by atoms with Crippen LogP contribution in [0.25, 0.3) is 0 Å². The maximum Gasteiger partial charge on any atom is 0.224 e. The van der Waals surface area contributed by atoms with Gasteiger partial charge in [0.15, 0.2) is 0 Å². The zero-order valence-corrected chi connectivity index (χ0v) is 11.8. The van der Waals surface area contributed by atoms with Gasteiger partial charge in [0.05, 0.1) is 5.97 Å². The van der Waals surface area contributed by atoms with Crippen molar-refractivity contribution < 1.29 is 24.6 Å². The van der Waals surface area contributed by atoms with Gasteiger partial charge in [-0.25, -0.2) is 0 Å². The van der Waals surface area contributed by atoms with E-state index in [2.05, 4.69) is 5.32 Å². The molecular formula is C15H17NO5-2. The SMILES string of the molecule is CCC[C@H](CCC(=O)Nc1ccc(C(=O)[O-])cc1)C(=O)[O-]. The summed E-state index contributed by atoms with van der Waals surface area (Å²) in [6.07, 6.45) is 1.49. The zero-order chi connectivity index (χ0) is 15.8. The van der Waals surface area contributed by atoms with E-state index in [1.54, 1.807) is 0 Å². The Balaban J connectivity index is 2.49. The summed E-state index contributed by atoms with van der Waals surface area (Å²) in [5.41, 5.74) is 0.471. The second-order valence-corrected chi connectivity index (χ2v) is 4.76. The van der Waals surface area contributed by atoms with E-state index in [4.69, 9.17) is 0 Å². The lowest BCUT2D eigenvalue weighted by atomic mass is 9.98. The van der Waals surface area contributed by atoms with Gasteiger partial charge in [-0.15, -0.1) is 0 Å². The molecule has 0 aliphatic rings. The molecule has 0 radical (unpaired) electrons. The lowest BCUT2D eigenvalue weighted by Gasteiger charge is -2.16. The van der Waals surface area contributed by atoms with Crippen LogP contribution in [-0.4, -0.2) is 17.8 Å². The highest BCUT2D eigenvalue weighted by molar-refractivity contribution is 5.92. The van der Waals surface area contributed by atoms with Crippen molar-refractivity contribution in [2.24, 2.45) is 5.92 Å². The van der Waals surface area contributed by atoms with Crippen LogP contribution in [0, 0.1) is 5.92 Å². The molecule has 1 aromatic carbocycles. The molecule has 0 heterocycles. The minimum absolute atomic E-state index is 0.0213. The first-order valence-electron chi connectivity index (χ1n) is 6.76. The summed E-state index contributed by atoms with van der Waals surface area (Å²) in [6.45, 7) is 1.87. The van der Waals surface area contributed by atoms with Gasteiger partial charge in [-0.05, 0) is 36.5 Å². The molecule has 1 amide bonds. The quantitative estimate of drug-likeness (QED) is 0.721. The van der Waals surface area contributed by atoms with Crippen LogP contribution in [0.4, 0.5) is 5.69 Å². The Morgan fingerprint density at radius 2 is 1.71 bits per heavy atom. The van der Waals surface area contributed by atoms with Crippen molar-refractivity contribution in [2.75, 3.05) is 5.32 Å². The number of carbonyl (C=O) groups is 3. The van der Waals surface area contributed by atoms with Gasteiger partial charge in [0, 0.05) is 18.1 Å². The largest absolute Gasteiger partial charge is 0.550 e. The van der Waals surface area contributed by atoms with Crippen LogP contribution in [0.3, 0.4) is 0 Å². The molecule has 114 valence electrons. The van der Waals surface area contributed by atoms with Gasteiger partial charge in [-0.2, -0.15) is 0 Å². The van der Waals surface area contributed by atoms with E-state index in [1.807, 2.05) is 6.92 Å². The van der Waals surface area contributed by atoms with Crippen LogP contribution in [-0.2, 0) is 9.59 Å². The maximum absolute atomic E-state index is 11.7. The topological polar surface area (TPSA) is 109 Å². The number of hydrogen-bond donors (Lipinski definition) is 1. The molecule has 0 saturated heterocycles. The fourth-order valence-corrected chi connectivity index (χ4v) is 1.95. The Morgan fingerprint density at radius 3 is 2.19 bits per heavy atom. The number of aliphatic carboxylic acids is 1. The predicted molar refractivity (Wildman–Crippen MR) is 72.0 cm³/mol. The van der Waals surface area contributed by atoms with Crippen molar-refractivity contribution >= 4 is 23.5 Å². The highest BCUT2D eigenvalue weighted by atomic mass is 16.4. The van der Waals surface area contributed by atoms with Crippen LogP contribution in [0.2, 0.25) is 0 Å². The average molecular weight is 291 g/mol. The van der Waals surface area contributed by atoms with Crippen molar-refractivity contribution in [3.05, 3.63) is 29.8 Å². The number of benzene rings is 1. The van der Waals surface area contributed by atoms with Crippen LogP contribution in [0.5, 0.6) is 0 Å². The molecule has 0 aliphatic carbocycles. The number of carboxylic acid groups (broad SMARTS) is 2. The fraction of sp³-hybridized carbons (Fsp3) is 0.400. The first-order valence-corrected chi connectivity index (χ1v) is 6.76. The van der Waals surface area contributed by atoms with Crippen LogP contribution in [0.15, 0.2) is 24.3 Å². The second-order valence-electron chi connectivity index (χ2n) is 4.76. The molecule has 0 unspecified atom stereocenters. The normalized spacial score (nSPS) is 11.7. The minimum Gasteiger partial charge on any atom is -0.550 e. The summed E-state index contributed by atoms with van der Waals surface area (Å²) in [4.78, 5) is 33.1. The second kappa shape index (κ2) is 8.04. The first-order chi connectivity index (χ1) is 9.93. The van der Waals surface area contributed by atoms with E-state index in [1.165, 1.54) is 24.3 Å². The molecule has 1 atom stereocenters. The van der Waals surface area contributed by atoms with Crippen molar-refractivity contribution in [1.29, 1.82) is 0 Å². The molecule has 0 bridgehead atoms. The number of aromatic carboxylic acids is 1. The molecule has 0 saturated carbocycles. The molecule has 1 N–H and O–H groups in total. The monoisotopic (exact) mass is 291 g/mol. The standard InChI is InChI=1S/C15H19NO5/c1-2-3-10(14(18)19)6-9-13(17)16-12-7-4-11(5-8-12)15(20)21/h4-5,7-8,10H,2-3,6,9H2,1H3,(H,16,17)(H,18,19)(H,20,21)/p-2/t10-/m1/s1. The highest BCUT2D eigenvalue weighted by Gasteiger charge is 2.11. The lowest BCUT2D eigenvalue weighted by Crippen LogP contribution is -2.32. The van der Waals surface area contributed by atoms with Crippen molar-refractivity contribution in [3.8, 4) is 0 Å². The Bertz CT molecular complexity index is 509. The van der Waals surface area contributed by atoms with Gasteiger partial charge in [0.1, 0.15) is 0 Å². The molecule has 6 nitrogen and oxygen atoms in total. The third-order valence-electron chi connectivity index (χ3n) is 3.09. The zero-order valence-electron chi connectivity index (χ0n) is 11.8. The van der Waals surface area contributed by atoms with Crippen molar-refractivity contribution in [3.63, 3.8) is 0 Å². The van der Waals surface area contributed by atoms with Gasteiger partial charge in [-0.1, -0.05) is 25.5 Å². The van der Waals surface area contributed by atoms with Crippen LogP contribution in [0.1, 0.15) is 43.0 Å². The molecule has 0 fully saturated rings. The molecule has 0 spiro atoms. The lowest BCUT2D eigenvalue weighted by molar-refractivity contribution is -0.312. The maximum atomic E-state index is 11.7. The van der Waals surface area contributed by atoms with Crippen LogP contribution >= 0.6 is 0 Å². The molecule has 6 heteroatoms. The van der Waals surface area contributed by atoms with Crippen molar-refractivity contribution in [1.82, 2.24) is 0 Å². The summed E-state index contributed by atoms with van der Waals surface area (Å²) >= 11 is 0. The van der Waals surface area contributed by atoms with Gasteiger partial charge >= 0.3 is 0 Å². The van der Waals surface area contributed by atoms with Gasteiger partial charge < -0.3 is 25.1 Å². The average Bonchev–Trinajstić information content (AvgIpc) is 2.43. The number of anilines is 1. The molecule has 1 aromatic rings.